The molecule has 1 fully saturated rings. The maximum absolute atomic E-state index is 11.7. The molecule has 1 heterocycles. The summed E-state index contributed by atoms with van der Waals surface area (Å²) in [5.41, 5.74) is 0. The third kappa shape index (κ3) is 3.98. The maximum atomic E-state index is 11.7. The lowest BCUT2D eigenvalue weighted by Gasteiger charge is -2.26. The molecule has 1 rings (SSSR count). The van der Waals surface area contributed by atoms with Crippen molar-refractivity contribution in [3.63, 3.8) is 0 Å². The van der Waals surface area contributed by atoms with E-state index in [0.29, 0.717) is 19.6 Å². The largest absolute Gasteiger partial charge is 0.383 e. The van der Waals surface area contributed by atoms with Crippen LogP contribution in [0.4, 0.5) is 0 Å². The number of rotatable bonds is 5. The van der Waals surface area contributed by atoms with Gasteiger partial charge >= 0.3 is 5.91 Å². The van der Waals surface area contributed by atoms with Crippen LogP contribution in [-0.4, -0.2) is 63.6 Å². The van der Waals surface area contributed by atoms with E-state index >= 15 is 0 Å². The summed E-state index contributed by atoms with van der Waals surface area (Å²) >= 11 is 0. The van der Waals surface area contributed by atoms with E-state index < -0.39 is 9.84 Å². The molecule has 0 aromatic heterocycles. The quantitative estimate of drug-likeness (QED) is 0.629. The normalized spacial score (nSPS) is 22.0. The van der Waals surface area contributed by atoms with Crippen molar-refractivity contribution in [3.8, 4) is 0 Å². The van der Waals surface area contributed by atoms with Crippen molar-refractivity contribution in [2.75, 3.05) is 38.3 Å². The molecule has 7 heteroatoms. The molecule has 1 amide bonds. The monoisotopic (exact) mass is 260 g/mol. The summed E-state index contributed by atoms with van der Waals surface area (Å²) in [5.74, 6) is -0.202. The number of ether oxygens (including phenoxy) is 1. The summed E-state index contributed by atoms with van der Waals surface area (Å²) < 4.78 is 27.6. The number of hydrogen-bond donors (Lipinski definition) is 0. The van der Waals surface area contributed by atoms with Gasteiger partial charge in [0.2, 0.25) is 0 Å². The van der Waals surface area contributed by atoms with Crippen molar-refractivity contribution >= 4 is 15.7 Å². The first-order valence-corrected chi connectivity index (χ1v) is 7.14. The van der Waals surface area contributed by atoms with E-state index in [0.717, 1.165) is 0 Å². The molecular weight excluding hydrogens is 244 g/mol. The predicted molar refractivity (Wildman–Crippen MR) is 62.1 cm³/mol. The molecule has 0 bridgehead atoms. The summed E-state index contributed by atoms with van der Waals surface area (Å²) in [6.07, 6.45) is 0.454. The highest BCUT2D eigenvalue weighted by Gasteiger charge is 2.35. The van der Waals surface area contributed by atoms with Crippen molar-refractivity contribution in [1.82, 2.24) is 4.90 Å². The number of methoxy groups -OCH3 is 1. The minimum atomic E-state index is -3.03. The fourth-order valence-corrected chi connectivity index (χ4v) is 3.61. The molecule has 1 saturated heterocycles. The second kappa shape index (κ2) is 5.98. The van der Waals surface area contributed by atoms with Gasteiger partial charge in [-0.3, -0.25) is 4.79 Å². The molecule has 1 atom stereocenters. The maximum Gasteiger partial charge on any atom is 0.303 e. The predicted octanol–water partition coefficient (Wildman–Crippen LogP) is -0.432. The summed E-state index contributed by atoms with van der Waals surface area (Å²) in [5, 5.41) is 0. The Labute approximate surface area is 101 Å². The first kappa shape index (κ1) is 13.9. The Hall–Kier alpha value is -1.13. The molecule has 17 heavy (non-hydrogen) atoms. The van der Waals surface area contributed by atoms with Gasteiger partial charge in [0.15, 0.2) is 9.84 Å². The highest BCUT2D eigenvalue weighted by molar-refractivity contribution is 7.91. The highest BCUT2D eigenvalue weighted by Crippen LogP contribution is 2.17. The van der Waals surface area contributed by atoms with E-state index in [1.165, 1.54) is 12.0 Å². The minimum Gasteiger partial charge on any atom is -0.383 e. The topological polar surface area (TPSA) is 68.0 Å². The lowest BCUT2D eigenvalue weighted by atomic mass is 10.2. The van der Waals surface area contributed by atoms with E-state index in [1.54, 1.807) is 0 Å². The average molecular weight is 260 g/mol. The van der Waals surface area contributed by atoms with Gasteiger partial charge in [-0.2, -0.15) is 0 Å². The van der Waals surface area contributed by atoms with Crippen molar-refractivity contribution in [3.05, 3.63) is 11.4 Å². The molecule has 1 aliphatic heterocycles. The molecule has 0 saturated carbocycles. The van der Waals surface area contributed by atoms with Crippen LogP contribution in [0.3, 0.4) is 0 Å². The second-order valence-electron chi connectivity index (χ2n) is 3.95. The Kier molecular flexibility index (Phi) is 4.90. The average Bonchev–Trinajstić information content (AvgIpc) is 2.60. The minimum absolute atomic E-state index is 0.000451. The Morgan fingerprint density at radius 3 is 2.76 bits per heavy atom. The zero-order valence-corrected chi connectivity index (χ0v) is 10.6. The highest BCUT2D eigenvalue weighted by atomic mass is 32.2. The SMILES string of the molecule is [C-]#[N+]CC(=O)N(CCOC)C1CCS(=O)(=O)C1. The van der Waals surface area contributed by atoms with E-state index in [2.05, 4.69) is 4.85 Å². The van der Waals surface area contributed by atoms with Gasteiger partial charge in [-0.25, -0.2) is 15.0 Å². The van der Waals surface area contributed by atoms with Gasteiger partial charge in [0.25, 0.3) is 6.54 Å². The molecule has 0 radical (unpaired) electrons. The first-order valence-electron chi connectivity index (χ1n) is 5.32. The van der Waals surface area contributed by atoms with Crippen LogP contribution >= 0.6 is 0 Å². The van der Waals surface area contributed by atoms with E-state index in [4.69, 9.17) is 11.3 Å². The van der Waals surface area contributed by atoms with Crippen LogP contribution in [-0.2, 0) is 19.4 Å². The van der Waals surface area contributed by atoms with Crippen molar-refractivity contribution in [1.29, 1.82) is 0 Å². The Balaban J connectivity index is 2.70. The second-order valence-corrected chi connectivity index (χ2v) is 6.18. The van der Waals surface area contributed by atoms with Crippen molar-refractivity contribution in [2.24, 2.45) is 0 Å². The van der Waals surface area contributed by atoms with E-state index in [1.807, 2.05) is 0 Å². The van der Waals surface area contributed by atoms with Crippen LogP contribution in [0.5, 0.6) is 0 Å². The van der Waals surface area contributed by atoms with Crippen LogP contribution in [0.25, 0.3) is 4.85 Å². The number of nitrogens with zero attached hydrogens (tertiary/aromatic N) is 2. The molecule has 1 aliphatic rings. The molecular formula is C10H16N2O4S. The van der Waals surface area contributed by atoms with Gasteiger partial charge in [-0.1, -0.05) is 0 Å². The molecule has 96 valence electrons. The fourth-order valence-electron chi connectivity index (χ4n) is 1.88. The first-order chi connectivity index (χ1) is 8.00. The van der Waals surface area contributed by atoms with E-state index in [9.17, 15) is 13.2 Å². The molecule has 0 aromatic rings. The summed E-state index contributed by atoms with van der Waals surface area (Å²) in [6, 6.07) is -0.301. The Morgan fingerprint density at radius 1 is 1.59 bits per heavy atom. The van der Waals surface area contributed by atoms with Gasteiger partial charge < -0.3 is 14.5 Å². The van der Waals surface area contributed by atoms with Crippen LogP contribution in [0.15, 0.2) is 0 Å². The Morgan fingerprint density at radius 2 is 2.29 bits per heavy atom. The van der Waals surface area contributed by atoms with Gasteiger partial charge in [0.1, 0.15) is 0 Å². The van der Waals surface area contributed by atoms with Crippen molar-refractivity contribution < 1.29 is 17.9 Å². The zero-order valence-electron chi connectivity index (χ0n) is 9.76. The third-order valence-corrected chi connectivity index (χ3v) is 4.47. The smallest absolute Gasteiger partial charge is 0.303 e. The third-order valence-electron chi connectivity index (χ3n) is 2.72. The Bertz CT molecular complexity index is 413. The van der Waals surface area contributed by atoms with Crippen LogP contribution in [0.1, 0.15) is 6.42 Å². The molecule has 0 N–H and O–H groups in total. The molecule has 0 aliphatic carbocycles. The summed E-state index contributed by atoms with van der Waals surface area (Å²) in [6.45, 7) is 7.13. The lowest BCUT2D eigenvalue weighted by molar-refractivity contribution is -0.131. The molecule has 6 nitrogen and oxygen atoms in total. The fraction of sp³-hybridized carbons (Fsp3) is 0.800. The molecule has 0 spiro atoms. The number of carbonyl (C=O) groups excluding carboxylic acids is 1. The molecule has 0 aromatic carbocycles. The number of amides is 1. The van der Waals surface area contributed by atoms with Crippen LogP contribution in [0.2, 0.25) is 0 Å². The number of sulfone groups is 1. The summed E-state index contributed by atoms with van der Waals surface area (Å²) in [4.78, 5) is 16.2. The standard InChI is InChI=1S/C10H16N2O4S/c1-11-7-10(13)12(4-5-16-2)9-3-6-17(14,15)8-9/h9H,3-8H2,2H3. The van der Waals surface area contributed by atoms with Gasteiger partial charge in [0.05, 0.1) is 18.1 Å². The van der Waals surface area contributed by atoms with Crippen LogP contribution in [0, 0.1) is 6.57 Å². The van der Waals surface area contributed by atoms with Gasteiger partial charge in [-0.05, 0) is 6.42 Å². The lowest BCUT2D eigenvalue weighted by Crippen LogP contribution is -2.44. The molecule has 1 unspecified atom stereocenters. The van der Waals surface area contributed by atoms with Crippen molar-refractivity contribution in [2.45, 2.75) is 12.5 Å². The number of hydrogen-bond acceptors (Lipinski definition) is 4. The van der Waals surface area contributed by atoms with Gasteiger partial charge in [0, 0.05) is 19.7 Å². The summed E-state index contributed by atoms with van der Waals surface area (Å²) in [7, 11) is -1.51. The van der Waals surface area contributed by atoms with E-state index in [-0.39, 0.29) is 30.0 Å². The van der Waals surface area contributed by atoms with Gasteiger partial charge in [-0.15, -0.1) is 0 Å². The number of carbonyl (C=O) groups is 1. The van der Waals surface area contributed by atoms with Crippen LogP contribution < -0.4 is 0 Å². The zero-order chi connectivity index (χ0) is 12.9.